The average molecular weight is 262 g/mol. The lowest BCUT2D eigenvalue weighted by Gasteiger charge is -2.21. The van der Waals surface area contributed by atoms with Crippen LogP contribution in [0, 0.1) is 5.92 Å². The molecule has 1 unspecified atom stereocenters. The van der Waals surface area contributed by atoms with Crippen LogP contribution in [0.3, 0.4) is 0 Å². The number of hydrogen-bond donors (Lipinski definition) is 2. The molecule has 1 saturated heterocycles. The number of benzene rings is 1. The number of nitrogens with one attached hydrogen (secondary N) is 1. The molecule has 1 fully saturated rings. The fraction of sp³-hybridized carbons (Fsp3) is 0.625. The SMILES string of the molecule is CC(C)CNCc1ccc(N2CCC(C)(O)C2)cc1. The summed E-state index contributed by atoms with van der Waals surface area (Å²) in [4.78, 5) is 2.26. The zero-order valence-corrected chi connectivity index (χ0v) is 12.3. The summed E-state index contributed by atoms with van der Waals surface area (Å²) in [6, 6.07) is 8.67. The predicted molar refractivity (Wildman–Crippen MR) is 80.4 cm³/mol. The summed E-state index contributed by atoms with van der Waals surface area (Å²) in [6.45, 7) is 10.0. The average Bonchev–Trinajstić information content (AvgIpc) is 2.70. The van der Waals surface area contributed by atoms with Gasteiger partial charge in [-0.25, -0.2) is 0 Å². The first kappa shape index (κ1) is 14.4. The highest BCUT2D eigenvalue weighted by molar-refractivity contribution is 5.49. The highest BCUT2D eigenvalue weighted by Gasteiger charge is 2.31. The van der Waals surface area contributed by atoms with Gasteiger partial charge < -0.3 is 15.3 Å². The van der Waals surface area contributed by atoms with Crippen molar-refractivity contribution in [3.63, 3.8) is 0 Å². The van der Waals surface area contributed by atoms with E-state index in [1.807, 2.05) is 6.92 Å². The third kappa shape index (κ3) is 4.22. The van der Waals surface area contributed by atoms with E-state index in [2.05, 4.69) is 48.3 Å². The molecule has 0 radical (unpaired) electrons. The second-order valence-electron chi connectivity index (χ2n) is 6.36. The summed E-state index contributed by atoms with van der Waals surface area (Å²) in [5.41, 5.74) is 2.00. The van der Waals surface area contributed by atoms with Gasteiger partial charge in [0.05, 0.1) is 5.60 Å². The van der Waals surface area contributed by atoms with Crippen molar-refractivity contribution in [2.45, 2.75) is 39.3 Å². The smallest absolute Gasteiger partial charge is 0.0810 e. The summed E-state index contributed by atoms with van der Waals surface area (Å²) >= 11 is 0. The van der Waals surface area contributed by atoms with Crippen LogP contribution in [0.2, 0.25) is 0 Å². The Balaban J connectivity index is 1.88. The fourth-order valence-electron chi connectivity index (χ4n) is 2.50. The molecule has 0 aliphatic carbocycles. The van der Waals surface area contributed by atoms with E-state index in [9.17, 15) is 5.11 Å². The Hall–Kier alpha value is -1.06. The van der Waals surface area contributed by atoms with Gasteiger partial charge in [-0.15, -0.1) is 0 Å². The van der Waals surface area contributed by atoms with Gasteiger partial charge in [0.15, 0.2) is 0 Å². The zero-order valence-electron chi connectivity index (χ0n) is 12.3. The van der Waals surface area contributed by atoms with Crippen LogP contribution < -0.4 is 10.2 Å². The van der Waals surface area contributed by atoms with Crippen LogP contribution in [0.15, 0.2) is 24.3 Å². The van der Waals surface area contributed by atoms with Crippen LogP contribution >= 0.6 is 0 Å². The molecule has 0 amide bonds. The van der Waals surface area contributed by atoms with Gasteiger partial charge in [0.1, 0.15) is 0 Å². The van der Waals surface area contributed by atoms with Crippen molar-refractivity contribution in [2.24, 2.45) is 5.92 Å². The molecule has 2 N–H and O–H groups in total. The van der Waals surface area contributed by atoms with E-state index in [4.69, 9.17) is 0 Å². The lowest BCUT2D eigenvalue weighted by molar-refractivity contribution is 0.0839. The molecule has 2 rings (SSSR count). The van der Waals surface area contributed by atoms with Crippen LogP contribution in [0.1, 0.15) is 32.8 Å². The Labute approximate surface area is 116 Å². The Morgan fingerprint density at radius 3 is 2.53 bits per heavy atom. The van der Waals surface area contributed by atoms with Gasteiger partial charge >= 0.3 is 0 Å². The molecule has 0 saturated carbocycles. The molecular formula is C16H26N2O. The largest absolute Gasteiger partial charge is 0.388 e. The number of β-amino-alcohol motifs (C(OH)–C–C–N with tert-alkyl or cyclic N) is 1. The maximum absolute atomic E-state index is 10.00. The van der Waals surface area contributed by atoms with Crippen LogP contribution in [-0.4, -0.2) is 30.3 Å². The van der Waals surface area contributed by atoms with Crippen molar-refractivity contribution in [2.75, 3.05) is 24.5 Å². The Bertz CT molecular complexity index is 398. The molecule has 0 spiro atoms. The normalized spacial score (nSPS) is 23.3. The second kappa shape index (κ2) is 5.93. The second-order valence-corrected chi connectivity index (χ2v) is 6.36. The fourth-order valence-corrected chi connectivity index (χ4v) is 2.50. The van der Waals surface area contributed by atoms with Gasteiger partial charge in [-0.05, 0) is 43.5 Å². The maximum atomic E-state index is 10.00. The van der Waals surface area contributed by atoms with Gasteiger partial charge in [-0.3, -0.25) is 0 Å². The van der Waals surface area contributed by atoms with Crippen molar-refractivity contribution in [3.05, 3.63) is 29.8 Å². The Morgan fingerprint density at radius 1 is 1.32 bits per heavy atom. The first-order chi connectivity index (χ1) is 8.96. The highest BCUT2D eigenvalue weighted by Crippen LogP contribution is 2.26. The molecular weight excluding hydrogens is 236 g/mol. The predicted octanol–water partition coefficient (Wildman–Crippen LogP) is 2.39. The van der Waals surface area contributed by atoms with Gasteiger partial charge in [0, 0.05) is 25.3 Å². The molecule has 106 valence electrons. The van der Waals surface area contributed by atoms with Crippen LogP contribution in [0.5, 0.6) is 0 Å². The van der Waals surface area contributed by atoms with Crippen molar-refractivity contribution in [3.8, 4) is 0 Å². The molecule has 1 atom stereocenters. The number of anilines is 1. The lowest BCUT2D eigenvalue weighted by atomic mass is 10.1. The van der Waals surface area contributed by atoms with E-state index in [0.717, 1.165) is 32.6 Å². The number of hydrogen-bond acceptors (Lipinski definition) is 3. The van der Waals surface area contributed by atoms with Crippen LogP contribution in [-0.2, 0) is 6.54 Å². The summed E-state index contributed by atoms with van der Waals surface area (Å²) in [6.07, 6.45) is 0.852. The Kier molecular flexibility index (Phi) is 4.48. The minimum Gasteiger partial charge on any atom is -0.388 e. The first-order valence-corrected chi connectivity index (χ1v) is 7.23. The topological polar surface area (TPSA) is 35.5 Å². The molecule has 3 nitrogen and oxygen atoms in total. The van der Waals surface area contributed by atoms with Gasteiger partial charge in [0.25, 0.3) is 0 Å². The van der Waals surface area contributed by atoms with E-state index >= 15 is 0 Å². The number of rotatable bonds is 5. The van der Waals surface area contributed by atoms with E-state index in [1.165, 1.54) is 11.3 Å². The zero-order chi connectivity index (χ0) is 13.9. The van der Waals surface area contributed by atoms with E-state index in [-0.39, 0.29) is 0 Å². The van der Waals surface area contributed by atoms with Crippen molar-refractivity contribution >= 4 is 5.69 Å². The molecule has 1 heterocycles. The van der Waals surface area contributed by atoms with E-state index in [1.54, 1.807) is 0 Å². The third-order valence-corrected chi connectivity index (χ3v) is 3.63. The first-order valence-electron chi connectivity index (χ1n) is 7.23. The summed E-state index contributed by atoms with van der Waals surface area (Å²) < 4.78 is 0. The number of nitrogens with zero attached hydrogens (tertiary/aromatic N) is 1. The minimum absolute atomic E-state index is 0.530. The van der Waals surface area contributed by atoms with Gasteiger partial charge in [0.2, 0.25) is 0 Å². The standard InChI is InChI=1S/C16H26N2O/c1-13(2)10-17-11-14-4-6-15(7-5-14)18-9-8-16(3,19)12-18/h4-7,13,17,19H,8-12H2,1-3H3. The molecule has 19 heavy (non-hydrogen) atoms. The van der Waals surface area contributed by atoms with Crippen LogP contribution in [0.25, 0.3) is 0 Å². The molecule has 3 heteroatoms. The lowest BCUT2D eigenvalue weighted by Crippen LogP contribution is -2.29. The summed E-state index contributed by atoms with van der Waals surface area (Å²) in [5.74, 6) is 0.686. The maximum Gasteiger partial charge on any atom is 0.0810 e. The molecule has 0 bridgehead atoms. The Morgan fingerprint density at radius 2 is 2.00 bits per heavy atom. The quantitative estimate of drug-likeness (QED) is 0.855. The van der Waals surface area contributed by atoms with Crippen molar-refractivity contribution in [1.82, 2.24) is 5.32 Å². The van der Waals surface area contributed by atoms with Crippen LogP contribution in [0.4, 0.5) is 5.69 Å². The summed E-state index contributed by atoms with van der Waals surface area (Å²) in [5, 5.41) is 13.4. The van der Waals surface area contributed by atoms with E-state index in [0.29, 0.717) is 5.92 Å². The molecule has 0 aromatic heterocycles. The third-order valence-electron chi connectivity index (χ3n) is 3.63. The van der Waals surface area contributed by atoms with Crippen molar-refractivity contribution < 1.29 is 5.11 Å². The molecule has 1 aromatic rings. The monoisotopic (exact) mass is 262 g/mol. The highest BCUT2D eigenvalue weighted by atomic mass is 16.3. The van der Waals surface area contributed by atoms with Crippen molar-refractivity contribution in [1.29, 1.82) is 0 Å². The van der Waals surface area contributed by atoms with Gasteiger partial charge in [-0.2, -0.15) is 0 Å². The molecule has 1 aliphatic rings. The number of aliphatic hydroxyl groups is 1. The minimum atomic E-state index is -0.530. The molecule has 1 aromatic carbocycles. The van der Waals surface area contributed by atoms with Gasteiger partial charge in [-0.1, -0.05) is 26.0 Å². The molecule has 1 aliphatic heterocycles. The van der Waals surface area contributed by atoms with E-state index < -0.39 is 5.60 Å². The summed E-state index contributed by atoms with van der Waals surface area (Å²) in [7, 11) is 0.